The van der Waals surface area contributed by atoms with Gasteiger partial charge in [0.2, 0.25) is 0 Å². The van der Waals surface area contributed by atoms with E-state index in [9.17, 15) is 9.59 Å². The van der Waals surface area contributed by atoms with Crippen molar-refractivity contribution in [3.05, 3.63) is 65.7 Å². The topological polar surface area (TPSA) is 46.6 Å². The first kappa shape index (κ1) is 18.7. The number of para-hydroxylation sites is 1. The summed E-state index contributed by atoms with van der Waals surface area (Å²) < 4.78 is 5.33. The molecule has 0 N–H and O–H groups in total. The van der Waals surface area contributed by atoms with Crippen molar-refractivity contribution in [2.45, 2.75) is 33.1 Å². The van der Waals surface area contributed by atoms with E-state index in [0.717, 1.165) is 24.9 Å². The van der Waals surface area contributed by atoms with Crippen molar-refractivity contribution < 1.29 is 14.3 Å². The Bertz CT molecular complexity index is 697. The smallest absolute Gasteiger partial charge is 0.338 e. The molecule has 4 nitrogen and oxygen atoms in total. The quantitative estimate of drug-likeness (QED) is 0.517. The molecule has 2 rings (SSSR count). The summed E-state index contributed by atoms with van der Waals surface area (Å²) in [5.41, 5.74) is 1.49. The van der Waals surface area contributed by atoms with E-state index in [1.807, 2.05) is 37.3 Å². The first-order valence-electron chi connectivity index (χ1n) is 8.82. The summed E-state index contributed by atoms with van der Waals surface area (Å²) >= 11 is 0. The average molecular weight is 339 g/mol. The molecule has 0 unspecified atom stereocenters. The van der Waals surface area contributed by atoms with Gasteiger partial charge in [0, 0.05) is 12.2 Å². The number of carbonyl (C=O) groups is 2. The molecule has 0 aromatic heterocycles. The number of esters is 1. The fourth-order valence-corrected chi connectivity index (χ4v) is 2.64. The van der Waals surface area contributed by atoms with E-state index >= 15 is 0 Å². The molecule has 0 fully saturated rings. The molecule has 0 spiro atoms. The van der Waals surface area contributed by atoms with Crippen LogP contribution in [0.1, 0.15) is 53.8 Å². The minimum atomic E-state index is -0.441. The van der Waals surface area contributed by atoms with Gasteiger partial charge in [-0.05, 0) is 37.6 Å². The maximum Gasteiger partial charge on any atom is 0.338 e. The third-order valence-corrected chi connectivity index (χ3v) is 3.99. The molecule has 0 saturated carbocycles. The highest BCUT2D eigenvalue weighted by Gasteiger charge is 2.22. The van der Waals surface area contributed by atoms with Gasteiger partial charge in [0.15, 0.2) is 0 Å². The van der Waals surface area contributed by atoms with Gasteiger partial charge in [-0.15, -0.1) is 0 Å². The van der Waals surface area contributed by atoms with E-state index in [-0.39, 0.29) is 5.91 Å². The Morgan fingerprint density at radius 1 is 0.880 bits per heavy atom. The molecule has 1 amide bonds. The van der Waals surface area contributed by atoms with Crippen LogP contribution in [0, 0.1) is 0 Å². The van der Waals surface area contributed by atoms with Gasteiger partial charge in [-0.2, -0.15) is 0 Å². The predicted octanol–water partition coefficient (Wildman–Crippen LogP) is 4.70. The number of rotatable bonds is 8. The molecule has 25 heavy (non-hydrogen) atoms. The molecule has 4 heteroatoms. The van der Waals surface area contributed by atoms with Crippen molar-refractivity contribution in [3.63, 3.8) is 0 Å². The summed E-state index contributed by atoms with van der Waals surface area (Å²) in [6.45, 7) is 4.91. The van der Waals surface area contributed by atoms with Crippen LogP contribution in [0.5, 0.6) is 0 Å². The number of benzene rings is 2. The zero-order valence-corrected chi connectivity index (χ0v) is 14.9. The lowest BCUT2D eigenvalue weighted by Gasteiger charge is -2.22. The first-order chi connectivity index (χ1) is 12.2. The van der Waals surface area contributed by atoms with Crippen LogP contribution < -0.4 is 4.90 Å². The molecule has 0 aliphatic rings. The summed E-state index contributed by atoms with van der Waals surface area (Å²) in [7, 11) is 0. The second-order valence-electron chi connectivity index (χ2n) is 5.77. The van der Waals surface area contributed by atoms with Crippen LogP contribution in [0.2, 0.25) is 0 Å². The summed E-state index contributed by atoms with van der Waals surface area (Å²) in [6.07, 6.45) is 2.92. The van der Waals surface area contributed by atoms with E-state index in [2.05, 4.69) is 6.92 Å². The Kier molecular flexibility index (Phi) is 7.20. The lowest BCUT2D eigenvalue weighted by Crippen LogP contribution is -2.32. The van der Waals surface area contributed by atoms with Crippen molar-refractivity contribution in [2.75, 3.05) is 18.1 Å². The van der Waals surface area contributed by atoms with E-state index in [4.69, 9.17) is 4.74 Å². The standard InChI is InChI=1S/C21H25NO3/c1-3-5-11-16-25-21(24)19-15-10-9-14-18(19)20(23)22(4-2)17-12-7-6-8-13-17/h6-10,12-15H,3-5,11,16H2,1-2H3. The van der Waals surface area contributed by atoms with E-state index in [1.165, 1.54) is 0 Å². The highest BCUT2D eigenvalue weighted by molar-refractivity contribution is 6.12. The van der Waals surface area contributed by atoms with Crippen LogP contribution in [0.4, 0.5) is 5.69 Å². The molecule has 0 radical (unpaired) electrons. The van der Waals surface area contributed by atoms with Crippen LogP contribution >= 0.6 is 0 Å². The molecule has 0 aliphatic carbocycles. The third-order valence-electron chi connectivity index (χ3n) is 3.99. The fourth-order valence-electron chi connectivity index (χ4n) is 2.64. The number of amides is 1. The molecule has 0 heterocycles. The number of unbranched alkanes of at least 4 members (excludes halogenated alkanes) is 2. The van der Waals surface area contributed by atoms with Crippen molar-refractivity contribution in [1.82, 2.24) is 0 Å². The maximum atomic E-state index is 13.0. The van der Waals surface area contributed by atoms with Gasteiger partial charge in [0.05, 0.1) is 17.7 Å². The Hall–Kier alpha value is -2.62. The van der Waals surface area contributed by atoms with Gasteiger partial charge < -0.3 is 9.64 Å². The highest BCUT2D eigenvalue weighted by Crippen LogP contribution is 2.19. The van der Waals surface area contributed by atoms with Gasteiger partial charge in [-0.1, -0.05) is 50.1 Å². The van der Waals surface area contributed by atoms with E-state index in [1.54, 1.807) is 29.2 Å². The zero-order chi connectivity index (χ0) is 18.1. The van der Waals surface area contributed by atoms with E-state index in [0.29, 0.717) is 24.3 Å². The van der Waals surface area contributed by atoms with Crippen LogP contribution in [-0.4, -0.2) is 25.0 Å². The zero-order valence-electron chi connectivity index (χ0n) is 14.9. The Morgan fingerprint density at radius 2 is 1.52 bits per heavy atom. The number of anilines is 1. The summed E-state index contributed by atoms with van der Waals surface area (Å²) in [5.74, 6) is -0.640. The van der Waals surface area contributed by atoms with Crippen molar-refractivity contribution in [2.24, 2.45) is 0 Å². The molecule has 0 aliphatic heterocycles. The Balaban J connectivity index is 2.21. The fraction of sp³-hybridized carbons (Fsp3) is 0.333. The predicted molar refractivity (Wildman–Crippen MR) is 100 cm³/mol. The van der Waals surface area contributed by atoms with Gasteiger partial charge in [0.25, 0.3) is 5.91 Å². The van der Waals surface area contributed by atoms with E-state index < -0.39 is 5.97 Å². The molecule has 132 valence electrons. The minimum absolute atomic E-state index is 0.199. The minimum Gasteiger partial charge on any atom is -0.462 e. The average Bonchev–Trinajstić information content (AvgIpc) is 2.66. The number of ether oxygens (including phenoxy) is 1. The lowest BCUT2D eigenvalue weighted by atomic mass is 10.1. The number of hydrogen-bond acceptors (Lipinski definition) is 3. The highest BCUT2D eigenvalue weighted by atomic mass is 16.5. The van der Waals surface area contributed by atoms with Crippen molar-refractivity contribution in [3.8, 4) is 0 Å². The van der Waals surface area contributed by atoms with Crippen LogP contribution in [0.15, 0.2) is 54.6 Å². The van der Waals surface area contributed by atoms with Gasteiger partial charge >= 0.3 is 5.97 Å². The number of hydrogen-bond donors (Lipinski definition) is 0. The number of carbonyl (C=O) groups excluding carboxylic acids is 2. The van der Waals surface area contributed by atoms with Crippen LogP contribution in [0.25, 0.3) is 0 Å². The van der Waals surface area contributed by atoms with Gasteiger partial charge in [0.1, 0.15) is 0 Å². The first-order valence-corrected chi connectivity index (χ1v) is 8.82. The number of nitrogens with zero attached hydrogens (tertiary/aromatic N) is 1. The summed E-state index contributed by atoms with van der Waals surface area (Å²) in [6, 6.07) is 16.3. The maximum absolute atomic E-state index is 13.0. The normalized spacial score (nSPS) is 10.3. The molecule has 2 aromatic rings. The Labute approximate surface area is 149 Å². The second kappa shape index (κ2) is 9.62. The Morgan fingerprint density at radius 3 is 2.16 bits per heavy atom. The molecule has 0 saturated heterocycles. The molecule has 0 bridgehead atoms. The molecule has 0 atom stereocenters. The van der Waals surface area contributed by atoms with Gasteiger partial charge in [-0.3, -0.25) is 4.79 Å². The summed E-state index contributed by atoms with van der Waals surface area (Å²) in [5, 5.41) is 0. The molecular formula is C21H25NO3. The van der Waals surface area contributed by atoms with Crippen LogP contribution in [0.3, 0.4) is 0 Å². The van der Waals surface area contributed by atoms with Crippen molar-refractivity contribution >= 4 is 17.6 Å². The molecular weight excluding hydrogens is 314 g/mol. The second-order valence-corrected chi connectivity index (χ2v) is 5.77. The lowest BCUT2D eigenvalue weighted by molar-refractivity contribution is 0.0495. The summed E-state index contributed by atoms with van der Waals surface area (Å²) in [4.78, 5) is 27.0. The SMILES string of the molecule is CCCCCOC(=O)c1ccccc1C(=O)N(CC)c1ccccc1. The third kappa shape index (κ3) is 4.92. The largest absolute Gasteiger partial charge is 0.462 e. The molecule has 2 aromatic carbocycles. The monoisotopic (exact) mass is 339 g/mol. The van der Waals surface area contributed by atoms with Crippen LogP contribution in [-0.2, 0) is 4.74 Å². The van der Waals surface area contributed by atoms with Crippen molar-refractivity contribution in [1.29, 1.82) is 0 Å². The van der Waals surface area contributed by atoms with Gasteiger partial charge in [-0.25, -0.2) is 4.79 Å².